The van der Waals surface area contributed by atoms with Crippen molar-refractivity contribution in [1.82, 2.24) is 30.4 Å². The first kappa shape index (κ1) is 25.9. The molecule has 1 fully saturated rings. The number of aliphatic imine (C=N–C) groups is 1. The Morgan fingerprint density at radius 1 is 1.06 bits per heavy atom. The van der Waals surface area contributed by atoms with Crippen LogP contribution in [0.25, 0.3) is 0 Å². The van der Waals surface area contributed by atoms with Crippen molar-refractivity contribution in [2.24, 2.45) is 12.0 Å². The van der Waals surface area contributed by atoms with E-state index in [1.165, 1.54) is 5.56 Å². The van der Waals surface area contributed by atoms with Crippen LogP contribution in [0.5, 0.6) is 0 Å². The molecule has 1 atom stereocenters. The third-order valence-corrected chi connectivity index (χ3v) is 6.25. The standard InChI is InChI=1S/C25H34N8.HI/c1-18-9-8-12-23(27-18)33-15-13-22(14-16-33)29-25(26-17-24-31-30-20(3)32(24)4)28-19(2)21-10-6-5-7-11-21;/h5-12,19,22H,13-17H2,1-4H3,(H2,26,28,29);1H. The Hall–Kier alpha value is -2.69. The maximum atomic E-state index is 4.86. The molecular formula is C25H35IN8. The van der Waals surface area contributed by atoms with Gasteiger partial charge in [0, 0.05) is 31.9 Å². The topological polar surface area (TPSA) is 83.3 Å². The largest absolute Gasteiger partial charge is 0.356 e. The first-order valence-electron chi connectivity index (χ1n) is 11.7. The zero-order valence-corrected chi connectivity index (χ0v) is 22.7. The van der Waals surface area contributed by atoms with E-state index >= 15 is 0 Å². The highest BCUT2D eigenvalue weighted by molar-refractivity contribution is 14.0. The zero-order valence-electron chi connectivity index (χ0n) is 20.4. The molecule has 0 saturated carbocycles. The molecular weight excluding hydrogens is 539 g/mol. The smallest absolute Gasteiger partial charge is 0.192 e. The van der Waals surface area contributed by atoms with Crippen molar-refractivity contribution in [2.45, 2.75) is 52.2 Å². The van der Waals surface area contributed by atoms with Gasteiger partial charge in [-0.2, -0.15) is 0 Å². The second-order valence-electron chi connectivity index (χ2n) is 8.71. The van der Waals surface area contributed by atoms with Crippen LogP contribution in [0.2, 0.25) is 0 Å². The van der Waals surface area contributed by atoms with Gasteiger partial charge in [-0.25, -0.2) is 9.98 Å². The lowest BCUT2D eigenvalue weighted by molar-refractivity contribution is 0.456. The van der Waals surface area contributed by atoms with Gasteiger partial charge in [-0.05, 0) is 51.3 Å². The van der Waals surface area contributed by atoms with E-state index in [1.54, 1.807) is 0 Å². The van der Waals surface area contributed by atoms with Crippen LogP contribution in [-0.2, 0) is 13.6 Å². The third-order valence-electron chi connectivity index (χ3n) is 6.25. The van der Waals surface area contributed by atoms with E-state index in [-0.39, 0.29) is 30.0 Å². The predicted octanol–water partition coefficient (Wildman–Crippen LogP) is 3.91. The van der Waals surface area contributed by atoms with Crippen LogP contribution in [0.15, 0.2) is 53.5 Å². The highest BCUT2D eigenvalue weighted by Crippen LogP contribution is 2.18. The van der Waals surface area contributed by atoms with Crippen molar-refractivity contribution in [3.05, 3.63) is 71.4 Å². The molecule has 1 saturated heterocycles. The van der Waals surface area contributed by atoms with E-state index in [0.29, 0.717) is 12.6 Å². The van der Waals surface area contributed by atoms with Gasteiger partial charge in [0.1, 0.15) is 18.2 Å². The summed E-state index contributed by atoms with van der Waals surface area (Å²) in [6.07, 6.45) is 2.05. The molecule has 2 aromatic heterocycles. The van der Waals surface area contributed by atoms with Crippen LogP contribution in [0.3, 0.4) is 0 Å². The van der Waals surface area contributed by atoms with Crippen molar-refractivity contribution in [1.29, 1.82) is 0 Å². The number of aromatic nitrogens is 4. The van der Waals surface area contributed by atoms with Crippen molar-refractivity contribution in [2.75, 3.05) is 18.0 Å². The highest BCUT2D eigenvalue weighted by atomic mass is 127. The molecule has 182 valence electrons. The van der Waals surface area contributed by atoms with Gasteiger partial charge in [-0.3, -0.25) is 0 Å². The number of guanidine groups is 1. The van der Waals surface area contributed by atoms with Crippen LogP contribution in [-0.4, -0.2) is 44.8 Å². The van der Waals surface area contributed by atoms with Crippen LogP contribution in [0.1, 0.15) is 48.7 Å². The molecule has 1 unspecified atom stereocenters. The number of benzene rings is 1. The number of anilines is 1. The van der Waals surface area contributed by atoms with Gasteiger partial charge in [0.25, 0.3) is 0 Å². The van der Waals surface area contributed by atoms with Gasteiger partial charge >= 0.3 is 0 Å². The van der Waals surface area contributed by atoms with Crippen molar-refractivity contribution < 1.29 is 0 Å². The Balaban J connectivity index is 0.00000324. The fraction of sp³-hybridized carbons (Fsp3) is 0.440. The van der Waals surface area contributed by atoms with Gasteiger partial charge in [0.15, 0.2) is 11.8 Å². The van der Waals surface area contributed by atoms with Gasteiger partial charge in [-0.15, -0.1) is 34.2 Å². The van der Waals surface area contributed by atoms with Gasteiger partial charge in [-0.1, -0.05) is 36.4 Å². The van der Waals surface area contributed by atoms with Gasteiger partial charge in [0.2, 0.25) is 0 Å². The van der Waals surface area contributed by atoms with E-state index < -0.39 is 0 Å². The molecule has 0 radical (unpaired) electrons. The fourth-order valence-corrected chi connectivity index (χ4v) is 4.05. The summed E-state index contributed by atoms with van der Waals surface area (Å²) in [5.41, 5.74) is 2.28. The first-order valence-corrected chi connectivity index (χ1v) is 11.7. The number of nitrogens with zero attached hydrogens (tertiary/aromatic N) is 6. The number of halogens is 1. The number of rotatable bonds is 6. The second-order valence-corrected chi connectivity index (χ2v) is 8.71. The Morgan fingerprint density at radius 3 is 2.44 bits per heavy atom. The summed E-state index contributed by atoms with van der Waals surface area (Å²) < 4.78 is 1.98. The van der Waals surface area contributed by atoms with E-state index in [4.69, 9.17) is 4.99 Å². The number of nitrogens with one attached hydrogen (secondary N) is 2. The molecule has 0 aliphatic carbocycles. The molecule has 9 heteroatoms. The molecule has 1 aliphatic heterocycles. The number of pyridine rings is 1. The van der Waals surface area contributed by atoms with Gasteiger partial charge < -0.3 is 20.1 Å². The minimum Gasteiger partial charge on any atom is -0.356 e. The molecule has 0 spiro atoms. The summed E-state index contributed by atoms with van der Waals surface area (Å²) in [6.45, 7) is 8.56. The lowest BCUT2D eigenvalue weighted by atomic mass is 10.0. The molecule has 8 nitrogen and oxygen atoms in total. The molecule has 1 aliphatic rings. The monoisotopic (exact) mass is 574 g/mol. The Morgan fingerprint density at radius 2 is 1.79 bits per heavy atom. The summed E-state index contributed by atoms with van der Waals surface area (Å²) in [4.78, 5) is 11.9. The van der Waals surface area contributed by atoms with Crippen LogP contribution in [0, 0.1) is 13.8 Å². The molecule has 3 heterocycles. The normalized spacial score (nSPS) is 15.5. The zero-order chi connectivity index (χ0) is 23.2. The maximum Gasteiger partial charge on any atom is 0.192 e. The number of piperidine rings is 1. The van der Waals surface area contributed by atoms with E-state index in [2.05, 4.69) is 74.0 Å². The maximum absolute atomic E-state index is 4.86. The summed E-state index contributed by atoms with van der Waals surface area (Å²) in [5.74, 6) is 3.61. The Labute approximate surface area is 219 Å². The average Bonchev–Trinajstić information content (AvgIpc) is 3.16. The molecule has 4 rings (SSSR count). The molecule has 0 amide bonds. The van der Waals surface area contributed by atoms with Crippen LogP contribution in [0.4, 0.5) is 5.82 Å². The number of hydrogen-bond donors (Lipinski definition) is 2. The van der Waals surface area contributed by atoms with Crippen molar-refractivity contribution >= 4 is 35.8 Å². The average molecular weight is 575 g/mol. The summed E-state index contributed by atoms with van der Waals surface area (Å²) in [5, 5.41) is 15.7. The minimum atomic E-state index is 0. The molecule has 3 aromatic rings. The molecule has 34 heavy (non-hydrogen) atoms. The highest BCUT2D eigenvalue weighted by Gasteiger charge is 2.22. The number of hydrogen-bond acceptors (Lipinski definition) is 5. The Bertz CT molecular complexity index is 1070. The summed E-state index contributed by atoms with van der Waals surface area (Å²) >= 11 is 0. The van der Waals surface area contributed by atoms with E-state index in [1.807, 2.05) is 37.6 Å². The number of aryl methyl sites for hydroxylation is 2. The quantitative estimate of drug-likeness (QED) is 0.264. The Kier molecular flexibility index (Phi) is 9.26. The third kappa shape index (κ3) is 6.68. The van der Waals surface area contributed by atoms with Gasteiger partial charge in [0.05, 0.1) is 6.04 Å². The predicted molar refractivity (Wildman–Crippen MR) is 148 cm³/mol. The van der Waals surface area contributed by atoms with Crippen molar-refractivity contribution in [3.8, 4) is 0 Å². The molecule has 2 N–H and O–H groups in total. The van der Waals surface area contributed by atoms with E-state index in [9.17, 15) is 0 Å². The summed E-state index contributed by atoms with van der Waals surface area (Å²) in [7, 11) is 1.97. The van der Waals surface area contributed by atoms with Crippen LogP contribution < -0.4 is 15.5 Å². The lowest BCUT2D eigenvalue weighted by Crippen LogP contribution is -2.49. The SMILES string of the molecule is Cc1cccc(N2CCC(NC(=NCc3nnc(C)n3C)NC(C)c3ccccc3)CC2)n1.I. The molecule has 1 aromatic carbocycles. The van der Waals surface area contributed by atoms with Crippen LogP contribution >= 0.6 is 24.0 Å². The fourth-order valence-electron chi connectivity index (χ4n) is 4.05. The minimum absolute atomic E-state index is 0. The lowest BCUT2D eigenvalue weighted by Gasteiger charge is -2.34. The first-order chi connectivity index (χ1) is 16.0. The molecule has 0 bridgehead atoms. The second kappa shape index (κ2) is 12.1. The van der Waals surface area contributed by atoms with Crippen molar-refractivity contribution in [3.63, 3.8) is 0 Å². The van der Waals surface area contributed by atoms with E-state index in [0.717, 1.165) is 55.1 Å². The summed E-state index contributed by atoms with van der Waals surface area (Å²) in [6, 6.07) is 17.1.